The van der Waals surface area contributed by atoms with Gasteiger partial charge in [-0.25, -0.2) is 13.4 Å². The Labute approximate surface area is 197 Å². The Morgan fingerprint density at radius 3 is 2.44 bits per heavy atom. The smallest absolute Gasteiger partial charge is 0.243 e. The van der Waals surface area contributed by atoms with Gasteiger partial charge in [-0.05, 0) is 49.6 Å². The van der Waals surface area contributed by atoms with Crippen molar-refractivity contribution < 1.29 is 13.2 Å². The van der Waals surface area contributed by atoms with Crippen molar-refractivity contribution in [3.63, 3.8) is 0 Å². The number of nitrogens with zero attached hydrogens (tertiary/aromatic N) is 2. The summed E-state index contributed by atoms with van der Waals surface area (Å²) < 4.78 is 27.2. The maximum atomic E-state index is 12.8. The second-order valence-electron chi connectivity index (χ2n) is 7.92. The number of amides is 1. The maximum Gasteiger partial charge on any atom is 0.243 e. The molecular formula is C23H24ClN3O3S2. The minimum atomic E-state index is -3.53. The first-order chi connectivity index (χ1) is 15.3. The number of anilines is 1. The molecule has 1 fully saturated rings. The van der Waals surface area contributed by atoms with Gasteiger partial charge in [-0.2, -0.15) is 4.31 Å². The number of hydrogen-bond acceptors (Lipinski definition) is 5. The summed E-state index contributed by atoms with van der Waals surface area (Å²) in [6.45, 7) is 2.57. The summed E-state index contributed by atoms with van der Waals surface area (Å²) in [6.07, 6.45) is 3.46. The van der Waals surface area contributed by atoms with Gasteiger partial charge in [0.2, 0.25) is 15.9 Å². The molecule has 1 saturated heterocycles. The highest BCUT2D eigenvalue weighted by Crippen LogP contribution is 2.27. The van der Waals surface area contributed by atoms with Gasteiger partial charge in [0.25, 0.3) is 0 Å². The fraction of sp³-hybridized carbons (Fsp3) is 0.304. The number of aryl methyl sites for hydroxylation is 1. The van der Waals surface area contributed by atoms with E-state index in [1.807, 2.05) is 31.2 Å². The van der Waals surface area contributed by atoms with E-state index in [4.69, 9.17) is 11.6 Å². The molecule has 168 valence electrons. The second-order valence-corrected chi connectivity index (χ2v) is 11.4. The van der Waals surface area contributed by atoms with E-state index in [9.17, 15) is 13.2 Å². The van der Waals surface area contributed by atoms with Gasteiger partial charge in [0.05, 0.1) is 4.90 Å². The maximum absolute atomic E-state index is 12.8. The predicted molar refractivity (Wildman–Crippen MR) is 128 cm³/mol. The van der Waals surface area contributed by atoms with Crippen molar-refractivity contribution >= 4 is 44.0 Å². The van der Waals surface area contributed by atoms with Gasteiger partial charge in [0, 0.05) is 41.5 Å². The number of rotatable bonds is 6. The van der Waals surface area contributed by atoms with Crippen LogP contribution in [0.1, 0.15) is 28.8 Å². The molecule has 0 saturated carbocycles. The molecular weight excluding hydrogens is 466 g/mol. The van der Waals surface area contributed by atoms with E-state index in [1.54, 1.807) is 30.5 Å². The predicted octanol–water partition coefficient (Wildman–Crippen LogP) is 4.74. The van der Waals surface area contributed by atoms with Crippen LogP contribution >= 0.6 is 22.9 Å². The van der Waals surface area contributed by atoms with Crippen molar-refractivity contribution in [1.29, 1.82) is 0 Å². The number of carbonyl (C=O) groups excluding carboxylic acids is 1. The third kappa shape index (κ3) is 5.38. The molecule has 6 nitrogen and oxygen atoms in total. The van der Waals surface area contributed by atoms with Crippen LogP contribution in [-0.4, -0.2) is 36.7 Å². The number of piperidine rings is 1. The van der Waals surface area contributed by atoms with Gasteiger partial charge < -0.3 is 5.32 Å². The molecule has 2 aromatic carbocycles. The lowest BCUT2D eigenvalue weighted by Gasteiger charge is -2.30. The van der Waals surface area contributed by atoms with Crippen molar-refractivity contribution in [2.24, 2.45) is 5.92 Å². The van der Waals surface area contributed by atoms with Crippen LogP contribution in [0.5, 0.6) is 0 Å². The third-order valence-electron chi connectivity index (χ3n) is 5.56. The van der Waals surface area contributed by atoms with Gasteiger partial charge in [-0.3, -0.25) is 4.79 Å². The monoisotopic (exact) mass is 489 g/mol. The summed E-state index contributed by atoms with van der Waals surface area (Å²) in [6, 6.07) is 14.5. The number of aromatic nitrogens is 1. The van der Waals surface area contributed by atoms with Gasteiger partial charge in [0.15, 0.2) is 5.13 Å². The zero-order chi connectivity index (χ0) is 22.7. The van der Waals surface area contributed by atoms with Crippen molar-refractivity contribution in [2.45, 2.75) is 31.1 Å². The number of nitrogens with one attached hydrogen (secondary N) is 1. The Morgan fingerprint density at radius 1 is 1.12 bits per heavy atom. The molecule has 0 aliphatic carbocycles. The molecule has 2 heterocycles. The third-order valence-corrected chi connectivity index (χ3v) is 8.64. The number of thiazole rings is 1. The molecule has 1 aromatic heterocycles. The van der Waals surface area contributed by atoms with Crippen LogP contribution in [-0.2, 0) is 21.2 Å². The largest absolute Gasteiger partial charge is 0.302 e. The lowest BCUT2D eigenvalue weighted by Crippen LogP contribution is -2.41. The Balaban J connectivity index is 1.31. The molecule has 1 N–H and O–H groups in total. The van der Waals surface area contributed by atoms with E-state index in [0.717, 1.165) is 22.4 Å². The standard InChI is InChI=1S/C23H24ClN3O3S2/c1-16-2-8-21(9-3-16)32(29,30)27-12-10-18(11-13-27)22(28)26-23-25-15-20(31-23)14-17-4-6-19(24)7-5-17/h2-9,15,18H,10-14H2,1H3,(H,25,26,28). The topological polar surface area (TPSA) is 79.4 Å². The van der Waals surface area contributed by atoms with Gasteiger partial charge in [0.1, 0.15) is 0 Å². The molecule has 0 spiro atoms. The zero-order valence-electron chi connectivity index (χ0n) is 17.6. The Morgan fingerprint density at radius 2 is 1.78 bits per heavy atom. The molecule has 9 heteroatoms. The Hall–Kier alpha value is -2.26. The van der Waals surface area contributed by atoms with E-state index in [0.29, 0.717) is 41.0 Å². The first-order valence-electron chi connectivity index (χ1n) is 10.4. The summed E-state index contributed by atoms with van der Waals surface area (Å²) in [5.74, 6) is -0.340. The van der Waals surface area contributed by atoms with Crippen LogP contribution in [0.2, 0.25) is 5.02 Å². The highest BCUT2D eigenvalue weighted by molar-refractivity contribution is 7.89. The van der Waals surface area contributed by atoms with Crippen molar-refractivity contribution in [3.05, 3.63) is 75.8 Å². The average Bonchev–Trinajstić information content (AvgIpc) is 3.22. The van der Waals surface area contributed by atoms with E-state index in [2.05, 4.69) is 10.3 Å². The number of halogens is 1. The van der Waals surface area contributed by atoms with Gasteiger partial charge >= 0.3 is 0 Å². The molecule has 1 amide bonds. The summed E-state index contributed by atoms with van der Waals surface area (Å²) in [7, 11) is -3.53. The van der Waals surface area contributed by atoms with Crippen LogP contribution in [0.4, 0.5) is 5.13 Å². The minimum absolute atomic E-state index is 0.107. The normalized spacial score (nSPS) is 15.6. The highest BCUT2D eigenvalue weighted by Gasteiger charge is 2.32. The molecule has 32 heavy (non-hydrogen) atoms. The molecule has 0 unspecified atom stereocenters. The lowest BCUT2D eigenvalue weighted by atomic mass is 9.97. The molecule has 1 aliphatic rings. The first-order valence-corrected chi connectivity index (χ1v) is 13.0. The average molecular weight is 490 g/mol. The number of benzene rings is 2. The fourth-order valence-electron chi connectivity index (χ4n) is 3.68. The quantitative estimate of drug-likeness (QED) is 0.542. The first kappa shape index (κ1) is 22.9. The molecule has 4 rings (SSSR count). The summed E-state index contributed by atoms with van der Waals surface area (Å²) in [5, 5.41) is 4.16. The SMILES string of the molecule is Cc1ccc(S(=O)(=O)N2CCC(C(=O)Nc3ncc(Cc4ccc(Cl)cc4)s3)CC2)cc1. The van der Waals surface area contributed by atoms with Crippen LogP contribution in [0.3, 0.4) is 0 Å². The van der Waals surface area contributed by atoms with E-state index >= 15 is 0 Å². The molecule has 0 radical (unpaired) electrons. The number of hydrogen-bond donors (Lipinski definition) is 1. The molecule has 0 bridgehead atoms. The van der Waals surface area contributed by atoms with Crippen molar-refractivity contribution in [3.8, 4) is 0 Å². The van der Waals surface area contributed by atoms with E-state index in [1.165, 1.54) is 15.6 Å². The zero-order valence-corrected chi connectivity index (χ0v) is 20.0. The lowest BCUT2D eigenvalue weighted by molar-refractivity contribution is -0.120. The Bertz CT molecular complexity index is 1180. The van der Waals surface area contributed by atoms with Gasteiger partial charge in [-0.1, -0.05) is 41.4 Å². The van der Waals surface area contributed by atoms with Crippen LogP contribution in [0, 0.1) is 12.8 Å². The molecule has 3 aromatic rings. The second kappa shape index (κ2) is 9.70. The summed E-state index contributed by atoms with van der Waals surface area (Å²) in [4.78, 5) is 18.4. The van der Waals surface area contributed by atoms with E-state index in [-0.39, 0.29) is 11.8 Å². The van der Waals surface area contributed by atoms with E-state index < -0.39 is 10.0 Å². The minimum Gasteiger partial charge on any atom is -0.302 e. The van der Waals surface area contributed by atoms with Gasteiger partial charge in [-0.15, -0.1) is 11.3 Å². The fourth-order valence-corrected chi connectivity index (χ4v) is 6.12. The van der Waals surface area contributed by atoms with Crippen molar-refractivity contribution in [2.75, 3.05) is 18.4 Å². The Kier molecular flexibility index (Phi) is 6.95. The molecule has 1 aliphatic heterocycles. The van der Waals surface area contributed by atoms with Crippen LogP contribution < -0.4 is 5.32 Å². The van der Waals surface area contributed by atoms with Crippen LogP contribution in [0.15, 0.2) is 59.6 Å². The summed E-state index contributed by atoms with van der Waals surface area (Å²) in [5.41, 5.74) is 2.14. The summed E-state index contributed by atoms with van der Waals surface area (Å²) >= 11 is 7.37. The number of sulfonamides is 1. The highest BCUT2D eigenvalue weighted by atomic mass is 35.5. The number of carbonyl (C=O) groups is 1. The van der Waals surface area contributed by atoms with Crippen LogP contribution in [0.25, 0.3) is 0 Å². The molecule has 0 atom stereocenters. The van der Waals surface area contributed by atoms with Crippen molar-refractivity contribution in [1.82, 2.24) is 9.29 Å².